The highest BCUT2D eigenvalue weighted by Crippen LogP contribution is 2.24. The molecule has 0 bridgehead atoms. The van der Waals surface area contributed by atoms with Gasteiger partial charge in [-0.3, -0.25) is 0 Å². The molecule has 1 heterocycles. The van der Waals surface area contributed by atoms with Gasteiger partial charge >= 0.3 is 0 Å². The lowest BCUT2D eigenvalue weighted by Gasteiger charge is -2.07. The van der Waals surface area contributed by atoms with Gasteiger partial charge in [-0.15, -0.1) is 0 Å². The third-order valence-corrected chi connectivity index (χ3v) is 2.33. The third kappa shape index (κ3) is 1.64. The molecular weight excluding hydrogens is 172 g/mol. The number of nitrogens with one attached hydrogen (secondary N) is 1. The van der Waals surface area contributed by atoms with Crippen LogP contribution in [-0.4, -0.2) is 6.54 Å². The van der Waals surface area contributed by atoms with E-state index >= 15 is 0 Å². The van der Waals surface area contributed by atoms with Gasteiger partial charge in [0.2, 0.25) is 0 Å². The standard InChI is InChI=1S/C10H11F2N/c11-8-5-7-3-1-2-4-13-10(7)6-9(8)12/h5-6,13H,1-4H2. The van der Waals surface area contributed by atoms with Crippen LogP contribution in [0.5, 0.6) is 0 Å². The van der Waals surface area contributed by atoms with Crippen molar-refractivity contribution in [1.29, 1.82) is 0 Å². The summed E-state index contributed by atoms with van der Waals surface area (Å²) in [6.45, 7) is 0.845. The van der Waals surface area contributed by atoms with Gasteiger partial charge in [0.25, 0.3) is 0 Å². The average Bonchev–Trinajstić information content (AvgIpc) is 2.31. The maximum absolute atomic E-state index is 12.8. The zero-order valence-corrected chi connectivity index (χ0v) is 7.24. The van der Waals surface area contributed by atoms with Crippen molar-refractivity contribution in [3.63, 3.8) is 0 Å². The van der Waals surface area contributed by atoms with E-state index in [9.17, 15) is 8.78 Å². The first-order valence-electron chi connectivity index (χ1n) is 4.49. The van der Waals surface area contributed by atoms with E-state index in [2.05, 4.69) is 5.32 Å². The molecule has 1 aliphatic heterocycles. The van der Waals surface area contributed by atoms with E-state index in [0.717, 1.165) is 37.1 Å². The number of benzene rings is 1. The summed E-state index contributed by atoms with van der Waals surface area (Å²) < 4.78 is 25.7. The van der Waals surface area contributed by atoms with Crippen molar-refractivity contribution >= 4 is 5.69 Å². The third-order valence-electron chi connectivity index (χ3n) is 2.33. The van der Waals surface area contributed by atoms with Gasteiger partial charge in [-0.2, -0.15) is 0 Å². The molecular formula is C10H11F2N. The van der Waals surface area contributed by atoms with Crippen molar-refractivity contribution in [2.24, 2.45) is 0 Å². The second-order valence-corrected chi connectivity index (χ2v) is 3.31. The van der Waals surface area contributed by atoms with Gasteiger partial charge in [0, 0.05) is 18.3 Å². The van der Waals surface area contributed by atoms with Crippen LogP contribution in [0.15, 0.2) is 12.1 Å². The summed E-state index contributed by atoms with van der Waals surface area (Å²) in [6, 6.07) is 2.54. The Labute approximate surface area is 75.8 Å². The van der Waals surface area contributed by atoms with Crippen LogP contribution in [0.2, 0.25) is 0 Å². The number of hydrogen-bond donors (Lipinski definition) is 1. The molecule has 13 heavy (non-hydrogen) atoms. The maximum atomic E-state index is 12.8. The Morgan fingerprint density at radius 3 is 2.69 bits per heavy atom. The van der Waals surface area contributed by atoms with Crippen molar-refractivity contribution in [1.82, 2.24) is 0 Å². The Morgan fingerprint density at radius 1 is 1.08 bits per heavy atom. The van der Waals surface area contributed by atoms with Crippen molar-refractivity contribution in [3.8, 4) is 0 Å². The number of anilines is 1. The molecule has 0 radical (unpaired) electrons. The Morgan fingerprint density at radius 2 is 1.85 bits per heavy atom. The second kappa shape index (κ2) is 3.32. The van der Waals surface area contributed by atoms with E-state index in [-0.39, 0.29) is 0 Å². The molecule has 0 aromatic heterocycles. The highest BCUT2D eigenvalue weighted by Gasteiger charge is 2.11. The molecule has 0 aliphatic carbocycles. The number of halogens is 2. The number of aryl methyl sites for hydroxylation is 1. The van der Waals surface area contributed by atoms with Crippen molar-refractivity contribution in [3.05, 3.63) is 29.3 Å². The largest absolute Gasteiger partial charge is 0.385 e. The molecule has 0 saturated carbocycles. The van der Waals surface area contributed by atoms with E-state index < -0.39 is 11.6 Å². The molecule has 0 atom stereocenters. The zero-order valence-electron chi connectivity index (χ0n) is 7.24. The average molecular weight is 183 g/mol. The van der Waals surface area contributed by atoms with E-state index in [4.69, 9.17) is 0 Å². The fourth-order valence-corrected chi connectivity index (χ4v) is 1.62. The molecule has 0 amide bonds. The summed E-state index contributed by atoms with van der Waals surface area (Å²) >= 11 is 0. The molecule has 3 heteroatoms. The first-order valence-corrected chi connectivity index (χ1v) is 4.49. The predicted molar refractivity (Wildman–Crippen MR) is 47.8 cm³/mol. The molecule has 1 aromatic carbocycles. The number of fused-ring (bicyclic) bond motifs is 1. The van der Waals surface area contributed by atoms with Crippen LogP contribution in [0, 0.1) is 11.6 Å². The summed E-state index contributed by atoms with van der Waals surface area (Å²) in [6.07, 6.45) is 2.92. The summed E-state index contributed by atoms with van der Waals surface area (Å²) in [5, 5.41) is 3.09. The lowest BCUT2D eigenvalue weighted by Crippen LogP contribution is -2.00. The zero-order chi connectivity index (χ0) is 9.26. The minimum atomic E-state index is -0.770. The van der Waals surface area contributed by atoms with Gasteiger partial charge in [-0.25, -0.2) is 8.78 Å². The van der Waals surface area contributed by atoms with Crippen molar-refractivity contribution in [2.45, 2.75) is 19.3 Å². The molecule has 1 nitrogen and oxygen atoms in total. The lowest BCUT2D eigenvalue weighted by atomic mass is 10.1. The molecule has 0 unspecified atom stereocenters. The summed E-state index contributed by atoms with van der Waals surface area (Å²) in [5.41, 5.74) is 1.63. The van der Waals surface area contributed by atoms with Gasteiger partial charge in [0.1, 0.15) is 0 Å². The highest BCUT2D eigenvalue weighted by molar-refractivity contribution is 5.52. The maximum Gasteiger partial charge on any atom is 0.160 e. The van der Waals surface area contributed by atoms with Crippen LogP contribution in [0.25, 0.3) is 0 Å². The Hall–Kier alpha value is -1.12. The molecule has 1 aromatic rings. The van der Waals surface area contributed by atoms with E-state index in [1.807, 2.05) is 0 Å². The normalized spacial score (nSPS) is 15.8. The Balaban J connectivity index is 2.43. The predicted octanol–water partition coefficient (Wildman–Crippen LogP) is 2.71. The van der Waals surface area contributed by atoms with Crippen molar-refractivity contribution in [2.75, 3.05) is 11.9 Å². The molecule has 1 aliphatic rings. The minimum Gasteiger partial charge on any atom is -0.385 e. The number of rotatable bonds is 0. The van der Waals surface area contributed by atoms with Gasteiger partial charge in [-0.1, -0.05) is 0 Å². The van der Waals surface area contributed by atoms with Crippen LogP contribution in [0.1, 0.15) is 18.4 Å². The summed E-state index contributed by atoms with van der Waals surface area (Å²) in [4.78, 5) is 0. The molecule has 0 fully saturated rings. The lowest BCUT2D eigenvalue weighted by molar-refractivity contribution is 0.507. The van der Waals surface area contributed by atoms with Gasteiger partial charge < -0.3 is 5.32 Å². The fraction of sp³-hybridized carbons (Fsp3) is 0.400. The first kappa shape index (κ1) is 8.48. The van der Waals surface area contributed by atoms with E-state index in [0.29, 0.717) is 0 Å². The van der Waals surface area contributed by atoms with E-state index in [1.54, 1.807) is 0 Å². The van der Waals surface area contributed by atoms with Crippen LogP contribution in [-0.2, 0) is 6.42 Å². The SMILES string of the molecule is Fc1cc2c(cc1F)NCCCC2. The van der Waals surface area contributed by atoms with Crippen molar-refractivity contribution < 1.29 is 8.78 Å². The monoisotopic (exact) mass is 183 g/mol. The summed E-state index contributed by atoms with van der Waals surface area (Å²) in [5.74, 6) is -1.52. The molecule has 0 saturated heterocycles. The topological polar surface area (TPSA) is 12.0 Å². The van der Waals surface area contributed by atoms with Gasteiger partial charge in [0.05, 0.1) is 0 Å². The van der Waals surface area contributed by atoms with Gasteiger partial charge in [0.15, 0.2) is 11.6 Å². The fourth-order valence-electron chi connectivity index (χ4n) is 1.62. The minimum absolute atomic E-state index is 0.747. The molecule has 1 N–H and O–H groups in total. The van der Waals surface area contributed by atoms with Crippen LogP contribution in [0.4, 0.5) is 14.5 Å². The molecule has 70 valence electrons. The van der Waals surface area contributed by atoms with Crippen LogP contribution < -0.4 is 5.32 Å². The second-order valence-electron chi connectivity index (χ2n) is 3.31. The summed E-state index contributed by atoms with van der Waals surface area (Å²) in [7, 11) is 0. The van der Waals surface area contributed by atoms with Crippen LogP contribution >= 0.6 is 0 Å². The molecule has 0 spiro atoms. The van der Waals surface area contributed by atoms with Crippen LogP contribution in [0.3, 0.4) is 0 Å². The quantitative estimate of drug-likeness (QED) is 0.652. The number of hydrogen-bond acceptors (Lipinski definition) is 1. The highest BCUT2D eigenvalue weighted by atomic mass is 19.2. The van der Waals surface area contributed by atoms with Gasteiger partial charge in [-0.05, 0) is 30.9 Å². The molecule has 2 rings (SSSR count). The smallest absolute Gasteiger partial charge is 0.160 e. The Bertz CT molecular complexity index is 292. The van der Waals surface area contributed by atoms with E-state index in [1.165, 1.54) is 12.1 Å². The first-order chi connectivity index (χ1) is 6.27. The Kier molecular flexibility index (Phi) is 2.17.